The maximum absolute atomic E-state index is 6.25. The average Bonchev–Trinajstić information content (AvgIpc) is 2.54. The summed E-state index contributed by atoms with van der Waals surface area (Å²) in [5.74, 6) is 0. The summed E-state index contributed by atoms with van der Waals surface area (Å²) in [6.45, 7) is 31.1. The van der Waals surface area contributed by atoms with Gasteiger partial charge in [0.2, 0.25) is 0 Å². The molecule has 0 N–H and O–H groups in total. The average molecular weight is 445 g/mol. The normalized spacial score (nSPS) is 14.3. The second kappa shape index (κ2) is 12.9. The van der Waals surface area contributed by atoms with Gasteiger partial charge in [-0.3, -0.25) is 0 Å². The molecular formula is C27H56O4. The van der Waals surface area contributed by atoms with E-state index in [1.54, 1.807) is 0 Å². The van der Waals surface area contributed by atoms with Crippen LogP contribution in [0.5, 0.6) is 0 Å². The standard InChI is InChI=1S/C27H56O4/c1-23(2,3)13-16-28-19-27(22-31-26(10,11)12,20-29-17-14-24(4,5)6)21-30-18-15-25(7,8)9/h13-22H2,1-12H3. The molecule has 4 heteroatoms. The van der Waals surface area contributed by atoms with E-state index in [2.05, 4.69) is 83.1 Å². The van der Waals surface area contributed by atoms with Crippen LogP contribution in [0.4, 0.5) is 0 Å². The van der Waals surface area contributed by atoms with Crippen molar-refractivity contribution in [2.45, 2.75) is 108 Å². The Kier molecular flexibility index (Phi) is 12.8. The first-order valence-corrected chi connectivity index (χ1v) is 12.2. The maximum Gasteiger partial charge on any atom is 0.0638 e. The summed E-state index contributed by atoms with van der Waals surface area (Å²) >= 11 is 0. The first kappa shape index (κ1) is 30.8. The van der Waals surface area contributed by atoms with Gasteiger partial charge in [-0.25, -0.2) is 0 Å². The fourth-order valence-electron chi connectivity index (χ4n) is 2.62. The van der Waals surface area contributed by atoms with Crippen LogP contribution in [-0.4, -0.2) is 51.8 Å². The van der Waals surface area contributed by atoms with Crippen LogP contribution in [0.2, 0.25) is 0 Å². The molecule has 0 aromatic heterocycles. The van der Waals surface area contributed by atoms with Crippen molar-refractivity contribution in [2.24, 2.45) is 21.7 Å². The summed E-state index contributed by atoms with van der Waals surface area (Å²) < 4.78 is 24.8. The summed E-state index contributed by atoms with van der Waals surface area (Å²) in [7, 11) is 0. The summed E-state index contributed by atoms with van der Waals surface area (Å²) in [6.07, 6.45) is 3.08. The second-order valence-electron chi connectivity index (χ2n) is 14.0. The molecule has 0 amide bonds. The molecule has 0 aliphatic heterocycles. The smallest absolute Gasteiger partial charge is 0.0638 e. The van der Waals surface area contributed by atoms with Crippen molar-refractivity contribution >= 4 is 0 Å². The molecule has 0 saturated heterocycles. The van der Waals surface area contributed by atoms with Crippen LogP contribution in [0, 0.1) is 21.7 Å². The van der Waals surface area contributed by atoms with Crippen molar-refractivity contribution in [2.75, 3.05) is 46.2 Å². The molecule has 0 aromatic carbocycles. The number of hydrogen-bond donors (Lipinski definition) is 0. The highest BCUT2D eigenvalue weighted by atomic mass is 16.5. The van der Waals surface area contributed by atoms with Gasteiger partial charge in [0, 0.05) is 19.8 Å². The second-order valence-corrected chi connectivity index (χ2v) is 14.0. The van der Waals surface area contributed by atoms with E-state index >= 15 is 0 Å². The van der Waals surface area contributed by atoms with Crippen LogP contribution in [0.15, 0.2) is 0 Å². The van der Waals surface area contributed by atoms with Crippen LogP contribution in [0.3, 0.4) is 0 Å². The highest BCUT2D eigenvalue weighted by Crippen LogP contribution is 2.27. The third-order valence-electron chi connectivity index (χ3n) is 5.03. The van der Waals surface area contributed by atoms with Crippen molar-refractivity contribution in [3.05, 3.63) is 0 Å². The van der Waals surface area contributed by atoms with Gasteiger partial charge in [-0.1, -0.05) is 62.3 Å². The quantitative estimate of drug-likeness (QED) is 0.267. The highest BCUT2D eigenvalue weighted by Gasteiger charge is 2.34. The summed E-state index contributed by atoms with van der Waals surface area (Å²) in [4.78, 5) is 0. The lowest BCUT2D eigenvalue weighted by Gasteiger charge is -2.36. The van der Waals surface area contributed by atoms with Crippen molar-refractivity contribution in [3.8, 4) is 0 Å². The molecule has 0 fully saturated rings. The first-order chi connectivity index (χ1) is 13.8. The Hall–Kier alpha value is -0.160. The third-order valence-corrected chi connectivity index (χ3v) is 5.03. The molecule has 0 rings (SSSR count). The molecule has 0 bridgehead atoms. The van der Waals surface area contributed by atoms with E-state index in [0.717, 1.165) is 39.1 Å². The fourth-order valence-corrected chi connectivity index (χ4v) is 2.62. The number of rotatable bonds is 14. The lowest BCUT2D eigenvalue weighted by molar-refractivity contribution is -0.136. The molecule has 4 nitrogen and oxygen atoms in total. The van der Waals surface area contributed by atoms with Crippen molar-refractivity contribution in [3.63, 3.8) is 0 Å². The number of ether oxygens (including phenoxy) is 4. The molecule has 0 unspecified atom stereocenters. The van der Waals surface area contributed by atoms with Crippen molar-refractivity contribution in [1.29, 1.82) is 0 Å². The minimum atomic E-state index is -0.305. The molecule has 0 aliphatic carbocycles. The largest absolute Gasteiger partial charge is 0.381 e. The fraction of sp³-hybridized carbons (Fsp3) is 1.00. The molecule has 0 aliphatic rings. The van der Waals surface area contributed by atoms with Gasteiger partial charge in [-0.2, -0.15) is 0 Å². The Morgan fingerprint density at radius 2 is 0.710 bits per heavy atom. The maximum atomic E-state index is 6.25. The molecule has 0 radical (unpaired) electrons. The molecule has 0 aromatic rings. The van der Waals surface area contributed by atoms with E-state index < -0.39 is 0 Å². The molecule has 0 atom stereocenters. The molecule has 0 saturated carbocycles. The van der Waals surface area contributed by atoms with Gasteiger partial charge in [0.1, 0.15) is 0 Å². The third kappa shape index (κ3) is 20.2. The summed E-state index contributed by atoms with van der Waals surface area (Å²) in [5.41, 5.74) is 0.263. The minimum Gasteiger partial charge on any atom is -0.381 e. The zero-order chi connectivity index (χ0) is 24.4. The van der Waals surface area contributed by atoms with Gasteiger partial charge in [0.05, 0.1) is 37.4 Å². The van der Waals surface area contributed by atoms with Gasteiger partial charge in [0.25, 0.3) is 0 Å². The van der Waals surface area contributed by atoms with Gasteiger partial charge >= 0.3 is 0 Å². The molecule has 31 heavy (non-hydrogen) atoms. The molecule has 0 heterocycles. The Bertz CT molecular complexity index is 403. The Morgan fingerprint density at radius 3 is 0.935 bits per heavy atom. The van der Waals surface area contributed by atoms with E-state index in [0.29, 0.717) is 26.4 Å². The Morgan fingerprint density at radius 1 is 0.419 bits per heavy atom. The number of hydrogen-bond acceptors (Lipinski definition) is 4. The van der Waals surface area contributed by atoms with E-state index in [4.69, 9.17) is 18.9 Å². The topological polar surface area (TPSA) is 36.9 Å². The van der Waals surface area contributed by atoms with E-state index in [9.17, 15) is 0 Å². The Balaban J connectivity index is 5.17. The zero-order valence-corrected chi connectivity index (χ0v) is 23.2. The van der Waals surface area contributed by atoms with Gasteiger partial charge < -0.3 is 18.9 Å². The van der Waals surface area contributed by atoms with Crippen molar-refractivity contribution < 1.29 is 18.9 Å². The SMILES string of the molecule is CC(C)(C)CCOCC(COCCC(C)(C)C)(COCCC(C)(C)C)COC(C)(C)C. The lowest BCUT2D eigenvalue weighted by Crippen LogP contribution is -2.44. The van der Waals surface area contributed by atoms with E-state index in [1.807, 2.05) is 0 Å². The molecule has 0 spiro atoms. The van der Waals surface area contributed by atoms with Gasteiger partial charge in [0.15, 0.2) is 0 Å². The minimum absolute atomic E-state index is 0.215. The van der Waals surface area contributed by atoms with Crippen LogP contribution in [0.1, 0.15) is 102 Å². The predicted octanol–water partition coefficient (Wildman–Crippen LogP) is 7.15. The van der Waals surface area contributed by atoms with Gasteiger partial charge in [-0.05, 0) is 56.3 Å². The van der Waals surface area contributed by atoms with Crippen LogP contribution in [-0.2, 0) is 18.9 Å². The predicted molar refractivity (Wildman–Crippen MR) is 133 cm³/mol. The monoisotopic (exact) mass is 444 g/mol. The molecule has 188 valence electrons. The van der Waals surface area contributed by atoms with E-state index in [1.165, 1.54) is 0 Å². The van der Waals surface area contributed by atoms with Crippen molar-refractivity contribution in [1.82, 2.24) is 0 Å². The van der Waals surface area contributed by atoms with Gasteiger partial charge in [-0.15, -0.1) is 0 Å². The summed E-state index contributed by atoms with van der Waals surface area (Å²) in [6, 6.07) is 0. The molecular weight excluding hydrogens is 388 g/mol. The summed E-state index contributed by atoms with van der Waals surface area (Å²) in [5, 5.41) is 0. The zero-order valence-electron chi connectivity index (χ0n) is 23.2. The highest BCUT2D eigenvalue weighted by molar-refractivity contribution is 4.81. The lowest BCUT2D eigenvalue weighted by atomic mass is 9.90. The van der Waals surface area contributed by atoms with Crippen LogP contribution in [0.25, 0.3) is 0 Å². The van der Waals surface area contributed by atoms with Crippen LogP contribution >= 0.6 is 0 Å². The Labute approximate surface area is 195 Å². The van der Waals surface area contributed by atoms with Crippen LogP contribution < -0.4 is 0 Å². The van der Waals surface area contributed by atoms with E-state index in [-0.39, 0.29) is 27.3 Å². The first-order valence-electron chi connectivity index (χ1n) is 12.2.